The van der Waals surface area contributed by atoms with Crippen LogP contribution in [-0.4, -0.2) is 38.2 Å². The van der Waals surface area contributed by atoms with Crippen LogP contribution in [0.25, 0.3) is 5.57 Å². The molecule has 0 radical (unpaired) electrons. The van der Waals surface area contributed by atoms with Gasteiger partial charge in [-0.05, 0) is 63.5 Å². The lowest BCUT2D eigenvalue weighted by atomic mass is 9.98. The monoisotopic (exact) mass is 445 g/mol. The second-order valence-corrected chi connectivity index (χ2v) is 8.87. The molecule has 7 heteroatoms. The van der Waals surface area contributed by atoms with Crippen molar-refractivity contribution in [3.8, 4) is 0 Å². The molecule has 162 valence electrons. The molecular formula is C25H24FN5S. The van der Waals surface area contributed by atoms with Crippen LogP contribution < -0.4 is 0 Å². The highest BCUT2D eigenvalue weighted by atomic mass is 32.1. The molecule has 1 aliphatic rings. The van der Waals surface area contributed by atoms with Crippen molar-refractivity contribution in [2.45, 2.75) is 25.4 Å². The zero-order valence-electron chi connectivity index (χ0n) is 17.6. The SMILES string of the molecule is Fc1ccc(C2=CCN([C@H](c3cccs3)c3nnnn3CCc3ccccc3)CC2)cc1. The summed E-state index contributed by atoms with van der Waals surface area (Å²) in [4.78, 5) is 3.66. The number of hydrogen-bond acceptors (Lipinski definition) is 5. The fraction of sp³-hybridized carbons (Fsp3) is 0.240. The van der Waals surface area contributed by atoms with Crippen molar-refractivity contribution in [3.63, 3.8) is 0 Å². The molecule has 0 spiro atoms. The van der Waals surface area contributed by atoms with Crippen molar-refractivity contribution in [3.05, 3.63) is 106 Å². The van der Waals surface area contributed by atoms with E-state index in [1.807, 2.05) is 22.9 Å². The van der Waals surface area contributed by atoms with Gasteiger partial charge >= 0.3 is 0 Å². The summed E-state index contributed by atoms with van der Waals surface area (Å²) >= 11 is 1.73. The lowest BCUT2D eigenvalue weighted by Crippen LogP contribution is -2.35. The van der Waals surface area contributed by atoms with E-state index in [4.69, 9.17) is 0 Å². The van der Waals surface area contributed by atoms with E-state index in [9.17, 15) is 4.39 Å². The van der Waals surface area contributed by atoms with Crippen molar-refractivity contribution >= 4 is 16.9 Å². The summed E-state index contributed by atoms with van der Waals surface area (Å²) < 4.78 is 15.2. The Morgan fingerprint density at radius 3 is 2.56 bits per heavy atom. The van der Waals surface area contributed by atoms with E-state index in [0.29, 0.717) is 0 Å². The third kappa shape index (κ3) is 4.54. The van der Waals surface area contributed by atoms with E-state index in [2.05, 4.69) is 68.3 Å². The van der Waals surface area contributed by atoms with E-state index in [1.54, 1.807) is 11.3 Å². The average molecular weight is 446 g/mol. The van der Waals surface area contributed by atoms with E-state index < -0.39 is 0 Å². The van der Waals surface area contributed by atoms with E-state index >= 15 is 0 Å². The number of benzene rings is 2. The summed E-state index contributed by atoms with van der Waals surface area (Å²) in [5.74, 6) is 0.675. The first-order chi connectivity index (χ1) is 15.8. The molecule has 3 heterocycles. The number of tetrazole rings is 1. The molecule has 0 bridgehead atoms. The number of nitrogens with zero attached hydrogens (tertiary/aromatic N) is 5. The van der Waals surface area contributed by atoms with Crippen LogP contribution in [0.5, 0.6) is 0 Å². The van der Waals surface area contributed by atoms with Crippen LogP contribution in [0.1, 0.15) is 34.3 Å². The minimum absolute atomic E-state index is 0.00629. The van der Waals surface area contributed by atoms with Crippen LogP contribution in [-0.2, 0) is 13.0 Å². The standard InChI is InChI=1S/C25H24FN5S/c26-22-10-8-20(9-11-22)21-13-15-30(16-14-21)24(23-7-4-18-32-23)25-27-28-29-31(25)17-12-19-5-2-1-3-6-19/h1-11,13,18,24H,12,14-17H2/t24-/m1/s1. The van der Waals surface area contributed by atoms with Crippen LogP contribution in [0.2, 0.25) is 0 Å². The van der Waals surface area contributed by atoms with Gasteiger partial charge in [0.2, 0.25) is 0 Å². The molecule has 0 amide bonds. The van der Waals surface area contributed by atoms with E-state index in [1.165, 1.54) is 28.1 Å². The molecular weight excluding hydrogens is 421 g/mol. The van der Waals surface area contributed by atoms with E-state index in [-0.39, 0.29) is 11.9 Å². The summed E-state index contributed by atoms with van der Waals surface area (Å²) in [7, 11) is 0. The highest BCUT2D eigenvalue weighted by Crippen LogP contribution is 2.34. The van der Waals surface area contributed by atoms with Crippen molar-refractivity contribution in [2.24, 2.45) is 0 Å². The molecule has 0 aliphatic carbocycles. The first-order valence-corrected chi connectivity index (χ1v) is 11.7. The Kier molecular flexibility index (Phi) is 6.18. The molecule has 32 heavy (non-hydrogen) atoms. The summed E-state index contributed by atoms with van der Waals surface area (Å²) in [5.41, 5.74) is 3.62. The number of halogens is 1. The van der Waals surface area contributed by atoms with Gasteiger partial charge in [0.1, 0.15) is 11.9 Å². The minimum atomic E-state index is -0.202. The molecule has 0 unspecified atom stereocenters. The maximum absolute atomic E-state index is 13.3. The minimum Gasteiger partial charge on any atom is -0.285 e. The van der Waals surface area contributed by atoms with Gasteiger partial charge in [-0.2, -0.15) is 0 Å². The van der Waals surface area contributed by atoms with Gasteiger partial charge < -0.3 is 0 Å². The third-order valence-corrected chi connectivity index (χ3v) is 6.82. The van der Waals surface area contributed by atoms with Crippen LogP contribution in [0.4, 0.5) is 4.39 Å². The van der Waals surface area contributed by atoms with Crippen LogP contribution in [0.15, 0.2) is 78.2 Å². The zero-order chi connectivity index (χ0) is 21.8. The Morgan fingerprint density at radius 2 is 1.84 bits per heavy atom. The van der Waals surface area contributed by atoms with Crippen molar-refractivity contribution in [1.82, 2.24) is 25.1 Å². The van der Waals surface area contributed by atoms with E-state index in [0.717, 1.165) is 43.9 Å². The fourth-order valence-electron chi connectivity index (χ4n) is 4.21. The largest absolute Gasteiger partial charge is 0.285 e. The smallest absolute Gasteiger partial charge is 0.173 e. The molecule has 2 aromatic heterocycles. The fourth-order valence-corrected chi connectivity index (χ4v) is 5.06. The molecule has 1 aliphatic heterocycles. The van der Waals surface area contributed by atoms with Gasteiger partial charge in [0.25, 0.3) is 0 Å². The second-order valence-electron chi connectivity index (χ2n) is 7.89. The van der Waals surface area contributed by atoms with Gasteiger partial charge in [0, 0.05) is 24.5 Å². The molecule has 5 nitrogen and oxygen atoms in total. The van der Waals surface area contributed by atoms with Crippen LogP contribution in [0.3, 0.4) is 0 Å². The van der Waals surface area contributed by atoms with Gasteiger partial charge in [-0.1, -0.05) is 54.6 Å². The molecule has 4 aromatic rings. The number of rotatable bonds is 7. The average Bonchev–Trinajstić information content (AvgIpc) is 3.53. The number of aromatic nitrogens is 4. The predicted octanol–water partition coefficient (Wildman–Crippen LogP) is 5.00. The Balaban J connectivity index is 1.38. The Morgan fingerprint density at radius 1 is 1.00 bits per heavy atom. The summed E-state index contributed by atoms with van der Waals surface area (Å²) in [5, 5.41) is 14.9. The number of hydrogen-bond donors (Lipinski definition) is 0. The molecule has 0 saturated heterocycles. The van der Waals surface area contributed by atoms with Crippen LogP contribution >= 0.6 is 11.3 Å². The molecule has 5 rings (SSSR count). The molecule has 0 N–H and O–H groups in total. The van der Waals surface area contributed by atoms with Crippen molar-refractivity contribution in [1.29, 1.82) is 0 Å². The van der Waals surface area contributed by atoms with Gasteiger partial charge in [0.15, 0.2) is 5.82 Å². The number of thiophene rings is 1. The topological polar surface area (TPSA) is 46.8 Å². The third-order valence-electron chi connectivity index (χ3n) is 5.89. The second kappa shape index (κ2) is 9.54. The summed E-state index contributed by atoms with van der Waals surface area (Å²) in [6.07, 6.45) is 4.03. The molecule has 2 aromatic carbocycles. The molecule has 0 saturated carbocycles. The normalized spacial score (nSPS) is 15.5. The van der Waals surface area contributed by atoms with Crippen molar-refractivity contribution < 1.29 is 4.39 Å². The lowest BCUT2D eigenvalue weighted by Gasteiger charge is -2.32. The highest BCUT2D eigenvalue weighted by Gasteiger charge is 2.29. The quantitative estimate of drug-likeness (QED) is 0.402. The summed E-state index contributed by atoms with van der Waals surface area (Å²) in [6.45, 7) is 2.41. The Bertz CT molecular complexity index is 1170. The van der Waals surface area contributed by atoms with Crippen LogP contribution in [0, 0.1) is 5.82 Å². The van der Waals surface area contributed by atoms with Crippen molar-refractivity contribution in [2.75, 3.05) is 13.1 Å². The first kappa shape index (κ1) is 20.7. The summed E-state index contributed by atoms with van der Waals surface area (Å²) in [6, 6.07) is 21.4. The van der Waals surface area contributed by atoms with Gasteiger partial charge in [0.05, 0.1) is 0 Å². The maximum Gasteiger partial charge on any atom is 0.173 e. The predicted molar refractivity (Wildman–Crippen MR) is 125 cm³/mol. The van der Waals surface area contributed by atoms with Gasteiger partial charge in [-0.15, -0.1) is 16.4 Å². The van der Waals surface area contributed by atoms with Gasteiger partial charge in [-0.25, -0.2) is 9.07 Å². The zero-order valence-corrected chi connectivity index (χ0v) is 18.5. The van der Waals surface area contributed by atoms with Gasteiger partial charge in [-0.3, -0.25) is 4.90 Å². The maximum atomic E-state index is 13.3. The molecule has 0 fully saturated rings. The lowest BCUT2D eigenvalue weighted by molar-refractivity contribution is 0.237. The number of aryl methyl sites for hydroxylation is 2. The highest BCUT2D eigenvalue weighted by molar-refractivity contribution is 7.10. The Hall–Kier alpha value is -3.16. The Labute approximate surface area is 190 Å². The first-order valence-electron chi connectivity index (χ1n) is 10.8. The molecule has 1 atom stereocenters.